The molecule has 0 bridgehead atoms. The Morgan fingerprint density at radius 1 is 1.00 bits per heavy atom. The minimum atomic E-state index is -2.89. The second-order valence-electron chi connectivity index (χ2n) is 4.64. The molecule has 2 aromatic rings. The molecular weight excluding hydrogens is 276 g/mol. The Bertz CT molecular complexity index is 617. The van der Waals surface area contributed by atoms with Gasteiger partial charge in [0.15, 0.2) is 0 Å². The molecule has 112 valence electrons. The molecule has 2 N–H and O–H groups in total. The molecule has 0 spiro atoms. The standard InChI is InChI=1S/C16H17F2NO2/c1-10-7-8-13(20-2)12(9-10)15(19)11-5-3-4-6-14(11)21-16(17)18/h3-9,15-16H,19H2,1-2H3. The van der Waals surface area contributed by atoms with E-state index in [2.05, 4.69) is 4.74 Å². The summed E-state index contributed by atoms with van der Waals surface area (Å²) in [5.74, 6) is 0.684. The number of halogens is 2. The molecule has 0 saturated heterocycles. The van der Waals surface area contributed by atoms with E-state index in [1.165, 1.54) is 6.07 Å². The summed E-state index contributed by atoms with van der Waals surface area (Å²) in [4.78, 5) is 0. The van der Waals surface area contributed by atoms with E-state index in [-0.39, 0.29) is 5.75 Å². The Morgan fingerprint density at radius 3 is 2.38 bits per heavy atom. The zero-order valence-corrected chi connectivity index (χ0v) is 11.8. The molecule has 5 heteroatoms. The van der Waals surface area contributed by atoms with Crippen LogP contribution in [0.4, 0.5) is 8.78 Å². The van der Waals surface area contributed by atoms with E-state index in [0.717, 1.165) is 11.1 Å². The number of rotatable bonds is 5. The van der Waals surface area contributed by atoms with Crippen molar-refractivity contribution in [2.24, 2.45) is 5.73 Å². The minimum Gasteiger partial charge on any atom is -0.496 e. The average Bonchev–Trinajstić information content (AvgIpc) is 2.46. The number of para-hydroxylation sites is 1. The zero-order valence-electron chi connectivity index (χ0n) is 11.8. The average molecular weight is 293 g/mol. The molecule has 1 unspecified atom stereocenters. The van der Waals surface area contributed by atoms with Gasteiger partial charge < -0.3 is 15.2 Å². The van der Waals surface area contributed by atoms with Crippen molar-refractivity contribution < 1.29 is 18.3 Å². The van der Waals surface area contributed by atoms with Crippen molar-refractivity contribution in [3.8, 4) is 11.5 Å². The lowest BCUT2D eigenvalue weighted by Gasteiger charge is -2.19. The highest BCUT2D eigenvalue weighted by atomic mass is 19.3. The largest absolute Gasteiger partial charge is 0.496 e. The van der Waals surface area contributed by atoms with Crippen LogP contribution in [-0.4, -0.2) is 13.7 Å². The fraction of sp³-hybridized carbons (Fsp3) is 0.250. The first-order chi connectivity index (χ1) is 10.0. The van der Waals surface area contributed by atoms with Gasteiger partial charge in [-0.1, -0.05) is 35.9 Å². The summed E-state index contributed by atoms with van der Waals surface area (Å²) in [6, 6.07) is 11.5. The van der Waals surface area contributed by atoms with Crippen molar-refractivity contribution in [3.05, 3.63) is 59.2 Å². The van der Waals surface area contributed by atoms with Crippen molar-refractivity contribution in [1.82, 2.24) is 0 Å². The third-order valence-electron chi connectivity index (χ3n) is 3.19. The van der Waals surface area contributed by atoms with Crippen LogP contribution < -0.4 is 15.2 Å². The predicted molar refractivity (Wildman–Crippen MR) is 76.8 cm³/mol. The highest BCUT2D eigenvalue weighted by molar-refractivity contribution is 5.47. The number of alkyl halides is 2. The van der Waals surface area contributed by atoms with Gasteiger partial charge in [-0.3, -0.25) is 0 Å². The van der Waals surface area contributed by atoms with Gasteiger partial charge in [0.2, 0.25) is 0 Å². The lowest BCUT2D eigenvalue weighted by Crippen LogP contribution is -2.16. The van der Waals surface area contributed by atoms with E-state index in [1.54, 1.807) is 31.4 Å². The van der Waals surface area contributed by atoms with Crippen LogP contribution in [0.5, 0.6) is 11.5 Å². The maximum atomic E-state index is 12.5. The summed E-state index contributed by atoms with van der Waals surface area (Å²) >= 11 is 0. The molecule has 0 amide bonds. The van der Waals surface area contributed by atoms with Crippen LogP contribution in [-0.2, 0) is 0 Å². The minimum absolute atomic E-state index is 0.0727. The van der Waals surface area contributed by atoms with Crippen molar-refractivity contribution in [2.45, 2.75) is 19.6 Å². The Labute approximate surface area is 122 Å². The third kappa shape index (κ3) is 3.49. The molecule has 0 saturated carbocycles. The first kappa shape index (κ1) is 15.3. The molecular formula is C16H17F2NO2. The van der Waals surface area contributed by atoms with E-state index >= 15 is 0 Å². The second-order valence-corrected chi connectivity index (χ2v) is 4.64. The predicted octanol–water partition coefficient (Wildman–Crippen LogP) is 3.65. The molecule has 0 aliphatic heterocycles. The van der Waals surface area contributed by atoms with Crippen LogP contribution >= 0.6 is 0 Å². The first-order valence-electron chi connectivity index (χ1n) is 6.46. The summed E-state index contributed by atoms with van der Waals surface area (Å²) < 4.78 is 34.8. The summed E-state index contributed by atoms with van der Waals surface area (Å²) in [6.07, 6.45) is 0. The Morgan fingerprint density at radius 2 is 1.71 bits per heavy atom. The molecule has 3 nitrogen and oxygen atoms in total. The quantitative estimate of drug-likeness (QED) is 0.915. The van der Waals surface area contributed by atoms with Gasteiger partial charge in [-0.2, -0.15) is 8.78 Å². The molecule has 0 fully saturated rings. The van der Waals surface area contributed by atoms with Crippen LogP contribution in [0.3, 0.4) is 0 Å². The van der Waals surface area contributed by atoms with Gasteiger partial charge >= 0.3 is 6.61 Å². The number of methoxy groups -OCH3 is 1. The molecule has 0 aliphatic rings. The summed E-state index contributed by atoms with van der Waals surface area (Å²) in [7, 11) is 1.54. The number of ether oxygens (including phenoxy) is 2. The summed E-state index contributed by atoms with van der Waals surface area (Å²) in [5, 5.41) is 0. The van der Waals surface area contributed by atoms with E-state index in [4.69, 9.17) is 10.5 Å². The number of nitrogens with two attached hydrogens (primary N) is 1. The van der Waals surface area contributed by atoms with Gasteiger partial charge in [0.05, 0.1) is 13.2 Å². The second kappa shape index (κ2) is 6.54. The molecule has 2 rings (SSSR count). The van der Waals surface area contributed by atoms with Gasteiger partial charge in [-0.25, -0.2) is 0 Å². The van der Waals surface area contributed by atoms with E-state index < -0.39 is 12.7 Å². The fourth-order valence-corrected chi connectivity index (χ4v) is 2.21. The molecule has 0 aliphatic carbocycles. The maximum Gasteiger partial charge on any atom is 0.387 e. The van der Waals surface area contributed by atoms with Gasteiger partial charge in [-0.05, 0) is 19.1 Å². The molecule has 0 radical (unpaired) electrons. The van der Waals surface area contributed by atoms with Crippen molar-refractivity contribution >= 4 is 0 Å². The van der Waals surface area contributed by atoms with Crippen LogP contribution in [0.25, 0.3) is 0 Å². The van der Waals surface area contributed by atoms with Gasteiger partial charge in [0, 0.05) is 11.1 Å². The van der Waals surface area contributed by atoms with E-state index in [0.29, 0.717) is 11.3 Å². The monoisotopic (exact) mass is 293 g/mol. The van der Waals surface area contributed by atoms with Crippen molar-refractivity contribution in [3.63, 3.8) is 0 Å². The molecule has 0 aromatic heterocycles. The van der Waals surface area contributed by atoms with Crippen molar-refractivity contribution in [2.75, 3.05) is 7.11 Å². The summed E-state index contributed by atoms with van der Waals surface area (Å²) in [6.45, 7) is -0.963. The lowest BCUT2D eigenvalue weighted by atomic mass is 9.96. The van der Waals surface area contributed by atoms with Crippen molar-refractivity contribution in [1.29, 1.82) is 0 Å². The molecule has 2 aromatic carbocycles. The number of benzene rings is 2. The van der Waals surface area contributed by atoms with E-state index in [9.17, 15) is 8.78 Å². The van der Waals surface area contributed by atoms with Crippen LogP contribution in [0.15, 0.2) is 42.5 Å². The normalized spacial score (nSPS) is 12.3. The maximum absolute atomic E-state index is 12.5. The van der Waals surface area contributed by atoms with Gasteiger partial charge in [0.1, 0.15) is 11.5 Å². The Kier molecular flexibility index (Phi) is 4.75. The number of hydrogen-bond donors (Lipinski definition) is 1. The van der Waals surface area contributed by atoms with Crippen LogP contribution in [0.1, 0.15) is 22.7 Å². The van der Waals surface area contributed by atoms with Gasteiger partial charge in [-0.15, -0.1) is 0 Å². The lowest BCUT2D eigenvalue weighted by molar-refractivity contribution is -0.0505. The van der Waals surface area contributed by atoms with Crippen LogP contribution in [0.2, 0.25) is 0 Å². The highest BCUT2D eigenvalue weighted by Crippen LogP contribution is 2.34. The SMILES string of the molecule is COc1ccc(C)cc1C(N)c1ccccc1OC(F)F. The smallest absolute Gasteiger partial charge is 0.387 e. The molecule has 0 heterocycles. The zero-order chi connectivity index (χ0) is 15.4. The van der Waals surface area contributed by atoms with E-state index in [1.807, 2.05) is 19.1 Å². The van der Waals surface area contributed by atoms with Crippen LogP contribution in [0, 0.1) is 6.92 Å². The number of hydrogen-bond acceptors (Lipinski definition) is 3. The first-order valence-corrected chi connectivity index (χ1v) is 6.46. The Hall–Kier alpha value is -2.14. The fourth-order valence-electron chi connectivity index (χ4n) is 2.21. The summed E-state index contributed by atoms with van der Waals surface area (Å²) in [5.41, 5.74) is 8.45. The van der Waals surface area contributed by atoms with Gasteiger partial charge in [0.25, 0.3) is 0 Å². The third-order valence-corrected chi connectivity index (χ3v) is 3.19. The number of aryl methyl sites for hydroxylation is 1. The Balaban J connectivity index is 2.45. The topological polar surface area (TPSA) is 44.5 Å². The molecule has 21 heavy (non-hydrogen) atoms. The molecule has 1 atom stereocenters. The highest BCUT2D eigenvalue weighted by Gasteiger charge is 2.19.